The highest BCUT2D eigenvalue weighted by Crippen LogP contribution is 2.42. The zero-order valence-corrected chi connectivity index (χ0v) is 8.34. The predicted molar refractivity (Wildman–Crippen MR) is 50.3 cm³/mol. The molecule has 1 aliphatic carbocycles. The highest BCUT2D eigenvalue weighted by molar-refractivity contribution is 5.72. The zero-order chi connectivity index (χ0) is 9.31. The molecule has 2 nitrogen and oxygen atoms in total. The molecule has 2 heteroatoms. The van der Waals surface area contributed by atoms with E-state index < -0.39 is 0 Å². The van der Waals surface area contributed by atoms with Gasteiger partial charge in [0.05, 0.1) is 0 Å². The smallest absolute Gasteiger partial charge is 0.306 e. The molecule has 0 amide bonds. The van der Waals surface area contributed by atoms with Gasteiger partial charge in [-0.1, -0.05) is 13.3 Å². The number of carbonyl (C=O) groups is 1. The highest BCUT2D eigenvalue weighted by Gasteiger charge is 2.42. The summed E-state index contributed by atoms with van der Waals surface area (Å²) in [5, 5.41) is 0. The minimum absolute atomic E-state index is 0.0231. The Hall–Kier alpha value is -0.530. The molecule has 1 saturated heterocycles. The molecule has 0 aromatic carbocycles. The second-order valence-electron chi connectivity index (χ2n) is 4.51. The maximum absolute atomic E-state index is 11.0. The third-order valence-electron chi connectivity index (χ3n) is 3.71. The SMILES string of the molecule is CCC1CCC2(CCC(=O)O2)CC1. The van der Waals surface area contributed by atoms with Crippen LogP contribution in [0.4, 0.5) is 0 Å². The van der Waals surface area contributed by atoms with Crippen LogP contribution in [0.25, 0.3) is 0 Å². The van der Waals surface area contributed by atoms with Crippen molar-refractivity contribution in [1.82, 2.24) is 0 Å². The fraction of sp³-hybridized carbons (Fsp3) is 0.909. The molecule has 74 valence electrons. The number of ether oxygens (including phenoxy) is 1. The molecule has 0 bridgehead atoms. The topological polar surface area (TPSA) is 26.3 Å². The maximum atomic E-state index is 11.0. The van der Waals surface area contributed by atoms with Crippen molar-refractivity contribution in [3.8, 4) is 0 Å². The van der Waals surface area contributed by atoms with Crippen LogP contribution in [-0.4, -0.2) is 11.6 Å². The average molecular weight is 182 g/mol. The summed E-state index contributed by atoms with van der Waals surface area (Å²) in [6.45, 7) is 2.25. The first-order valence-electron chi connectivity index (χ1n) is 5.46. The summed E-state index contributed by atoms with van der Waals surface area (Å²) in [5.41, 5.74) is -0.0250. The molecule has 0 atom stereocenters. The summed E-state index contributed by atoms with van der Waals surface area (Å²) in [6.07, 6.45) is 7.63. The van der Waals surface area contributed by atoms with Crippen LogP contribution in [0.5, 0.6) is 0 Å². The largest absolute Gasteiger partial charge is 0.459 e. The van der Waals surface area contributed by atoms with Crippen molar-refractivity contribution in [1.29, 1.82) is 0 Å². The minimum atomic E-state index is -0.0250. The summed E-state index contributed by atoms with van der Waals surface area (Å²) < 4.78 is 5.44. The van der Waals surface area contributed by atoms with Crippen LogP contribution in [0, 0.1) is 5.92 Å². The van der Waals surface area contributed by atoms with Crippen molar-refractivity contribution in [2.24, 2.45) is 5.92 Å². The molecule has 0 radical (unpaired) electrons. The number of esters is 1. The van der Waals surface area contributed by atoms with Crippen molar-refractivity contribution in [2.75, 3.05) is 0 Å². The van der Waals surface area contributed by atoms with Crippen LogP contribution in [0.1, 0.15) is 51.9 Å². The van der Waals surface area contributed by atoms with E-state index in [1.807, 2.05) is 0 Å². The Bertz CT molecular complexity index is 202. The summed E-state index contributed by atoms with van der Waals surface area (Å²) >= 11 is 0. The van der Waals surface area contributed by atoms with Gasteiger partial charge in [0.25, 0.3) is 0 Å². The number of carbonyl (C=O) groups excluding carboxylic acids is 1. The average Bonchev–Trinajstić information content (AvgIpc) is 2.49. The molecule has 0 unspecified atom stereocenters. The highest BCUT2D eigenvalue weighted by atomic mass is 16.6. The van der Waals surface area contributed by atoms with Crippen LogP contribution in [0.3, 0.4) is 0 Å². The molecule has 2 aliphatic rings. The third-order valence-corrected chi connectivity index (χ3v) is 3.71. The van der Waals surface area contributed by atoms with Crippen molar-refractivity contribution >= 4 is 5.97 Å². The van der Waals surface area contributed by atoms with Crippen LogP contribution in [0.2, 0.25) is 0 Å². The van der Waals surface area contributed by atoms with Gasteiger partial charge in [-0.3, -0.25) is 4.79 Å². The standard InChI is InChI=1S/C11H18O2/c1-2-9-3-6-11(7-4-9)8-5-10(12)13-11/h9H,2-8H2,1H3. The van der Waals surface area contributed by atoms with E-state index in [-0.39, 0.29) is 11.6 Å². The fourth-order valence-corrected chi connectivity index (χ4v) is 2.64. The van der Waals surface area contributed by atoms with Gasteiger partial charge in [0.15, 0.2) is 0 Å². The summed E-state index contributed by atoms with van der Waals surface area (Å²) in [7, 11) is 0. The molecular weight excluding hydrogens is 164 g/mol. The van der Waals surface area contributed by atoms with Crippen molar-refractivity contribution in [2.45, 2.75) is 57.5 Å². The van der Waals surface area contributed by atoms with E-state index in [9.17, 15) is 4.79 Å². The lowest BCUT2D eigenvalue weighted by molar-refractivity contribution is -0.151. The van der Waals surface area contributed by atoms with E-state index in [0.717, 1.165) is 25.2 Å². The lowest BCUT2D eigenvalue weighted by atomic mass is 9.76. The van der Waals surface area contributed by atoms with Gasteiger partial charge >= 0.3 is 5.97 Å². The molecular formula is C11H18O2. The van der Waals surface area contributed by atoms with Gasteiger partial charge in [0, 0.05) is 6.42 Å². The van der Waals surface area contributed by atoms with E-state index >= 15 is 0 Å². The summed E-state index contributed by atoms with van der Waals surface area (Å²) in [4.78, 5) is 11.0. The first kappa shape index (κ1) is 9.04. The van der Waals surface area contributed by atoms with Gasteiger partial charge in [-0.15, -0.1) is 0 Å². The number of hydrogen-bond donors (Lipinski definition) is 0. The van der Waals surface area contributed by atoms with Crippen molar-refractivity contribution < 1.29 is 9.53 Å². The van der Waals surface area contributed by atoms with Crippen LogP contribution in [0.15, 0.2) is 0 Å². The molecule has 0 aromatic heterocycles. The molecule has 1 heterocycles. The lowest BCUT2D eigenvalue weighted by Crippen LogP contribution is -2.33. The van der Waals surface area contributed by atoms with E-state index in [4.69, 9.17) is 4.74 Å². The Morgan fingerprint density at radius 1 is 1.38 bits per heavy atom. The van der Waals surface area contributed by atoms with Gasteiger partial charge in [-0.05, 0) is 38.0 Å². The Morgan fingerprint density at radius 2 is 2.08 bits per heavy atom. The Morgan fingerprint density at radius 3 is 2.54 bits per heavy atom. The molecule has 13 heavy (non-hydrogen) atoms. The Balaban J connectivity index is 1.93. The predicted octanol–water partition coefficient (Wildman–Crippen LogP) is 2.66. The minimum Gasteiger partial charge on any atom is -0.459 e. The molecule has 1 aliphatic heterocycles. The van der Waals surface area contributed by atoms with Crippen molar-refractivity contribution in [3.05, 3.63) is 0 Å². The van der Waals surface area contributed by atoms with Crippen molar-refractivity contribution in [3.63, 3.8) is 0 Å². The molecule has 2 rings (SSSR count). The Kier molecular flexibility index (Phi) is 2.31. The van der Waals surface area contributed by atoms with Crippen LogP contribution < -0.4 is 0 Å². The first-order chi connectivity index (χ1) is 6.24. The van der Waals surface area contributed by atoms with E-state index in [0.29, 0.717) is 6.42 Å². The molecule has 1 saturated carbocycles. The first-order valence-corrected chi connectivity index (χ1v) is 5.46. The third kappa shape index (κ3) is 1.72. The van der Waals surface area contributed by atoms with Gasteiger partial charge in [0.1, 0.15) is 5.60 Å². The van der Waals surface area contributed by atoms with Gasteiger partial charge in [-0.2, -0.15) is 0 Å². The zero-order valence-electron chi connectivity index (χ0n) is 8.34. The normalized spacial score (nSPS) is 39.5. The second kappa shape index (κ2) is 3.32. The van der Waals surface area contributed by atoms with Gasteiger partial charge in [-0.25, -0.2) is 0 Å². The lowest BCUT2D eigenvalue weighted by Gasteiger charge is -2.35. The molecule has 1 spiro atoms. The monoisotopic (exact) mass is 182 g/mol. The molecule has 2 fully saturated rings. The van der Waals surface area contributed by atoms with Gasteiger partial charge in [0.2, 0.25) is 0 Å². The van der Waals surface area contributed by atoms with Crippen LogP contribution in [-0.2, 0) is 9.53 Å². The van der Waals surface area contributed by atoms with E-state index in [2.05, 4.69) is 6.92 Å². The van der Waals surface area contributed by atoms with E-state index in [1.165, 1.54) is 19.3 Å². The molecule has 0 N–H and O–H groups in total. The quantitative estimate of drug-likeness (QED) is 0.583. The number of hydrogen-bond acceptors (Lipinski definition) is 2. The maximum Gasteiger partial charge on any atom is 0.306 e. The summed E-state index contributed by atoms with van der Waals surface area (Å²) in [5.74, 6) is 0.903. The number of rotatable bonds is 1. The van der Waals surface area contributed by atoms with Gasteiger partial charge < -0.3 is 4.74 Å². The summed E-state index contributed by atoms with van der Waals surface area (Å²) in [6, 6.07) is 0. The molecule has 0 aromatic rings. The Labute approximate surface area is 79.7 Å². The second-order valence-corrected chi connectivity index (χ2v) is 4.51. The fourth-order valence-electron chi connectivity index (χ4n) is 2.64. The van der Waals surface area contributed by atoms with E-state index in [1.54, 1.807) is 0 Å². The van der Waals surface area contributed by atoms with Crippen LogP contribution >= 0.6 is 0 Å².